The first-order valence-electron chi connectivity index (χ1n) is 6.74. The van der Waals surface area contributed by atoms with Crippen molar-refractivity contribution in [3.8, 4) is 0 Å². The van der Waals surface area contributed by atoms with Gasteiger partial charge in [-0.05, 0) is 36.8 Å². The second kappa shape index (κ2) is 5.29. The Morgan fingerprint density at radius 3 is 2.80 bits per heavy atom. The summed E-state index contributed by atoms with van der Waals surface area (Å²) in [6, 6.07) is 5.55. The van der Waals surface area contributed by atoms with Gasteiger partial charge in [-0.3, -0.25) is 0 Å². The van der Waals surface area contributed by atoms with Crippen molar-refractivity contribution in [2.24, 2.45) is 4.40 Å². The molecule has 7 heteroatoms. The smallest absolute Gasteiger partial charge is 0.286 e. The van der Waals surface area contributed by atoms with Crippen LogP contribution in [-0.2, 0) is 10.0 Å². The van der Waals surface area contributed by atoms with Gasteiger partial charge in [-0.2, -0.15) is 8.42 Å². The van der Waals surface area contributed by atoms with Crippen LogP contribution in [0.2, 0.25) is 0 Å². The molecule has 0 radical (unpaired) electrons. The molecule has 0 bridgehead atoms. The quantitative estimate of drug-likeness (QED) is 0.909. The highest BCUT2D eigenvalue weighted by Gasteiger charge is 2.26. The lowest BCUT2D eigenvalue weighted by Crippen LogP contribution is -2.21. The maximum atomic E-state index is 12.3. The van der Waals surface area contributed by atoms with E-state index in [1.165, 1.54) is 11.8 Å². The number of fused-ring (bicyclic) bond motifs is 1. The molecular formula is C13H17N3O2S2. The summed E-state index contributed by atoms with van der Waals surface area (Å²) in [5.74, 6) is 0.780. The van der Waals surface area contributed by atoms with Gasteiger partial charge in [0.1, 0.15) is 4.90 Å². The van der Waals surface area contributed by atoms with Crippen molar-refractivity contribution in [2.45, 2.75) is 24.7 Å². The van der Waals surface area contributed by atoms with Crippen LogP contribution in [0, 0.1) is 0 Å². The van der Waals surface area contributed by atoms with Gasteiger partial charge in [0.15, 0.2) is 5.17 Å². The van der Waals surface area contributed by atoms with E-state index >= 15 is 0 Å². The van der Waals surface area contributed by atoms with Gasteiger partial charge < -0.3 is 10.2 Å². The summed E-state index contributed by atoms with van der Waals surface area (Å²) in [6.07, 6.45) is 2.33. The van der Waals surface area contributed by atoms with Gasteiger partial charge in [-0.1, -0.05) is 18.7 Å². The molecule has 0 aliphatic carbocycles. The van der Waals surface area contributed by atoms with Gasteiger partial charge in [0, 0.05) is 18.8 Å². The number of nitrogens with zero attached hydrogens (tertiary/aromatic N) is 2. The van der Waals surface area contributed by atoms with E-state index in [-0.39, 0.29) is 4.90 Å². The Morgan fingerprint density at radius 1 is 1.35 bits per heavy atom. The van der Waals surface area contributed by atoms with E-state index in [4.69, 9.17) is 0 Å². The Kier molecular flexibility index (Phi) is 3.64. The van der Waals surface area contributed by atoms with Crippen LogP contribution in [0.4, 0.5) is 11.4 Å². The summed E-state index contributed by atoms with van der Waals surface area (Å²) in [4.78, 5) is 2.50. The average molecular weight is 311 g/mol. The second-order valence-corrected chi connectivity index (χ2v) is 7.63. The molecule has 0 amide bonds. The van der Waals surface area contributed by atoms with Crippen molar-refractivity contribution in [1.82, 2.24) is 0 Å². The Morgan fingerprint density at radius 2 is 2.10 bits per heavy atom. The van der Waals surface area contributed by atoms with Gasteiger partial charge in [0.2, 0.25) is 0 Å². The number of benzene rings is 1. The summed E-state index contributed by atoms with van der Waals surface area (Å²) < 4.78 is 28.4. The first-order valence-corrected chi connectivity index (χ1v) is 9.16. The number of sulfonamides is 1. The lowest BCUT2D eigenvalue weighted by atomic mass is 10.2. The van der Waals surface area contributed by atoms with Crippen molar-refractivity contribution in [2.75, 3.05) is 29.1 Å². The third kappa shape index (κ3) is 2.52. The number of hydrogen-bond donors (Lipinski definition) is 1. The standard InChI is InChI=1S/C13H17N3O2S2/c1-2-19-13-14-11-6-5-10(16-7-3-4-8-16)9-12(11)20(17,18)15-13/h5-6,9H,2-4,7-8H2,1H3,(H,14,15). The Bertz CT molecular complexity index is 650. The maximum Gasteiger partial charge on any atom is 0.286 e. The van der Waals surface area contributed by atoms with Crippen molar-refractivity contribution in [3.63, 3.8) is 0 Å². The molecule has 1 aromatic rings. The fourth-order valence-corrected chi connectivity index (χ4v) is 4.48. The van der Waals surface area contributed by atoms with Crippen LogP contribution in [0.3, 0.4) is 0 Å². The van der Waals surface area contributed by atoms with Crippen LogP contribution < -0.4 is 10.2 Å². The third-order valence-corrected chi connectivity index (χ3v) is 5.63. The first kappa shape index (κ1) is 13.8. The van der Waals surface area contributed by atoms with Crippen molar-refractivity contribution in [1.29, 1.82) is 0 Å². The molecular weight excluding hydrogens is 294 g/mol. The van der Waals surface area contributed by atoms with Gasteiger partial charge >= 0.3 is 0 Å². The predicted octanol–water partition coefficient (Wildman–Crippen LogP) is 2.51. The molecule has 2 aliphatic heterocycles. The van der Waals surface area contributed by atoms with E-state index in [1.807, 2.05) is 19.1 Å². The molecule has 5 nitrogen and oxygen atoms in total. The highest BCUT2D eigenvalue weighted by Crippen LogP contribution is 2.33. The fraction of sp³-hybridized carbons (Fsp3) is 0.462. The van der Waals surface area contributed by atoms with Gasteiger partial charge in [0.05, 0.1) is 5.69 Å². The first-order chi connectivity index (χ1) is 9.60. The number of anilines is 2. The molecule has 1 aromatic carbocycles. The second-order valence-electron chi connectivity index (χ2n) is 4.80. The maximum absolute atomic E-state index is 12.3. The number of amidine groups is 1. The highest BCUT2D eigenvalue weighted by atomic mass is 32.2. The van der Waals surface area contributed by atoms with Crippen LogP contribution in [0.5, 0.6) is 0 Å². The number of thioether (sulfide) groups is 1. The number of nitrogens with one attached hydrogen (secondary N) is 1. The van der Waals surface area contributed by atoms with Crippen LogP contribution in [-0.4, -0.2) is 32.4 Å². The fourth-order valence-electron chi connectivity index (χ4n) is 2.50. The molecule has 0 aromatic heterocycles. The van der Waals surface area contributed by atoms with E-state index in [2.05, 4.69) is 14.6 Å². The van der Waals surface area contributed by atoms with Gasteiger partial charge in [0.25, 0.3) is 10.0 Å². The van der Waals surface area contributed by atoms with Crippen molar-refractivity contribution < 1.29 is 8.42 Å². The molecule has 1 N–H and O–H groups in total. The summed E-state index contributed by atoms with van der Waals surface area (Å²) in [5, 5.41) is 3.54. The normalized spacial score (nSPS) is 20.2. The van der Waals surface area contributed by atoms with E-state index in [9.17, 15) is 8.42 Å². The summed E-state index contributed by atoms with van der Waals surface area (Å²) in [5.41, 5.74) is 1.59. The minimum Gasteiger partial charge on any atom is -0.371 e. The minimum absolute atomic E-state index is 0.280. The minimum atomic E-state index is -3.59. The average Bonchev–Trinajstić information content (AvgIpc) is 2.92. The zero-order valence-corrected chi connectivity index (χ0v) is 12.9. The van der Waals surface area contributed by atoms with Gasteiger partial charge in [-0.25, -0.2) is 0 Å². The number of rotatable bonds is 2. The molecule has 1 saturated heterocycles. The Balaban J connectivity index is 1.98. The molecule has 20 heavy (non-hydrogen) atoms. The molecule has 0 spiro atoms. The van der Waals surface area contributed by atoms with Crippen LogP contribution >= 0.6 is 11.8 Å². The summed E-state index contributed by atoms with van der Waals surface area (Å²) >= 11 is 1.40. The van der Waals surface area contributed by atoms with E-state index in [0.717, 1.165) is 37.4 Å². The van der Waals surface area contributed by atoms with Crippen LogP contribution in [0.25, 0.3) is 0 Å². The van der Waals surface area contributed by atoms with E-state index in [0.29, 0.717) is 10.9 Å². The van der Waals surface area contributed by atoms with E-state index in [1.54, 1.807) is 6.07 Å². The zero-order valence-electron chi connectivity index (χ0n) is 11.3. The molecule has 3 rings (SSSR count). The molecule has 0 saturated carbocycles. The van der Waals surface area contributed by atoms with Crippen molar-refractivity contribution in [3.05, 3.63) is 18.2 Å². The van der Waals surface area contributed by atoms with E-state index < -0.39 is 10.0 Å². The summed E-state index contributed by atoms with van der Waals surface area (Å²) in [7, 11) is -3.59. The van der Waals surface area contributed by atoms with Gasteiger partial charge in [-0.15, -0.1) is 4.40 Å². The lowest BCUT2D eigenvalue weighted by molar-refractivity contribution is 0.598. The lowest BCUT2D eigenvalue weighted by Gasteiger charge is -2.22. The molecule has 0 atom stereocenters. The van der Waals surface area contributed by atoms with Crippen LogP contribution in [0.1, 0.15) is 19.8 Å². The zero-order chi connectivity index (χ0) is 14.2. The SMILES string of the molecule is CCSC1=NS(=O)(=O)c2cc(N3CCCC3)ccc2N1. The molecule has 108 valence electrons. The topological polar surface area (TPSA) is 61.8 Å². The monoisotopic (exact) mass is 311 g/mol. The highest BCUT2D eigenvalue weighted by molar-refractivity contribution is 8.14. The molecule has 2 heterocycles. The van der Waals surface area contributed by atoms with Crippen LogP contribution in [0.15, 0.2) is 27.5 Å². The molecule has 2 aliphatic rings. The molecule has 1 fully saturated rings. The van der Waals surface area contributed by atoms with Crippen molar-refractivity contribution >= 4 is 38.3 Å². The largest absolute Gasteiger partial charge is 0.371 e. The Labute approximate surface area is 123 Å². The Hall–Kier alpha value is -1.21. The third-order valence-electron chi connectivity index (χ3n) is 3.44. The molecule has 0 unspecified atom stereocenters. The predicted molar refractivity (Wildman–Crippen MR) is 84.3 cm³/mol. The number of hydrogen-bond acceptors (Lipinski definition) is 5. The summed E-state index contributed by atoms with van der Waals surface area (Å²) in [6.45, 7) is 3.95.